The molecule has 17 heavy (non-hydrogen) atoms. The molecule has 2 aliphatic rings. The molecule has 0 aromatic heterocycles. The summed E-state index contributed by atoms with van der Waals surface area (Å²) in [7, 11) is 0. The summed E-state index contributed by atoms with van der Waals surface area (Å²) in [5, 5.41) is 18.0. The molecule has 0 spiro atoms. The van der Waals surface area contributed by atoms with Crippen LogP contribution < -0.4 is 0 Å². The van der Waals surface area contributed by atoms with Gasteiger partial charge in [0.1, 0.15) is 30.7 Å². The maximum absolute atomic E-state index is 9.01. The second kappa shape index (κ2) is 4.62. The third-order valence-electron chi connectivity index (χ3n) is 2.92. The summed E-state index contributed by atoms with van der Waals surface area (Å²) in [5.41, 5.74) is -0.548. The van der Waals surface area contributed by atoms with Gasteiger partial charge in [0.25, 0.3) is 0 Å². The molecule has 6 heteroatoms. The van der Waals surface area contributed by atoms with Crippen molar-refractivity contribution in [3.05, 3.63) is 0 Å². The molecule has 0 amide bonds. The Morgan fingerprint density at radius 2 is 1.47 bits per heavy atom. The Hall–Kier alpha value is -1.14. The Labute approximate surface area is 100.0 Å². The topological polar surface area (TPSA) is 83.6 Å². The van der Waals surface area contributed by atoms with E-state index >= 15 is 0 Å². The molecule has 96 valence electrons. The van der Waals surface area contributed by atoms with Crippen LogP contribution in [0.4, 0.5) is 0 Å². The monoisotopic (exact) mass is 242 g/mol. The normalized spacial score (nSPS) is 28.5. The van der Waals surface area contributed by atoms with Gasteiger partial charge in [-0.3, -0.25) is 0 Å². The molecule has 2 atom stereocenters. The van der Waals surface area contributed by atoms with E-state index in [0.29, 0.717) is 25.0 Å². The third-order valence-corrected chi connectivity index (χ3v) is 2.92. The van der Waals surface area contributed by atoms with Crippen molar-refractivity contribution in [3.8, 4) is 0 Å². The predicted molar refractivity (Wildman–Crippen MR) is 62.3 cm³/mol. The maximum atomic E-state index is 9.01. The van der Waals surface area contributed by atoms with Crippen molar-refractivity contribution >= 4 is 11.8 Å². The summed E-state index contributed by atoms with van der Waals surface area (Å²) in [5.74, 6) is 1.07. The third kappa shape index (κ3) is 2.28. The first-order valence-corrected chi connectivity index (χ1v) is 5.71. The lowest BCUT2D eigenvalue weighted by atomic mass is 9.93. The van der Waals surface area contributed by atoms with Crippen molar-refractivity contribution in [2.75, 3.05) is 26.4 Å². The van der Waals surface area contributed by atoms with E-state index in [4.69, 9.17) is 19.7 Å². The van der Waals surface area contributed by atoms with E-state index in [1.54, 1.807) is 0 Å². The lowest BCUT2D eigenvalue weighted by Crippen LogP contribution is -2.34. The van der Waals surface area contributed by atoms with Crippen LogP contribution in [0, 0.1) is 5.41 Å². The molecule has 0 aliphatic carbocycles. The molecule has 6 nitrogen and oxygen atoms in total. The highest BCUT2D eigenvalue weighted by atomic mass is 16.5. The van der Waals surface area contributed by atoms with Gasteiger partial charge in [-0.15, -0.1) is 0 Å². The van der Waals surface area contributed by atoms with Crippen molar-refractivity contribution in [2.24, 2.45) is 15.4 Å². The highest BCUT2D eigenvalue weighted by molar-refractivity contribution is 6.05. The first-order chi connectivity index (χ1) is 8.07. The summed E-state index contributed by atoms with van der Waals surface area (Å²) < 4.78 is 10.9. The van der Waals surface area contributed by atoms with Gasteiger partial charge in [0.15, 0.2) is 11.8 Å². The molecule has 0 aromatic carbocycles. The van der Waals surface area contributed by atoms with Crippen LogP contribution in [-0.4, -0.2) is 60.5 Å². The summed E-state index contributed by atoms with van der Waals surface area (Å²) in [6.07, 6.45) is 0. The second-order valence-corrected chi connectivity index (χ2v) is 4.79. The average molecular weight is 242 g/mol. The number of aliphatic hydroxyl groups excluding tert-OH is 2. The van der Waals surface area contributed by atoms with Crippen molar-refractivity contribution in [2.45, 2.75) is 25.9 Å². The fraction of sp³-hybridized carbons (Fsp3) is 0.818. The van der Waals surface area contributed by atoms with Gasteiger partial charge in [0, 0.05) is 0 Å². The highest BCUT2D eigenvalue weighted by Crippen LogP contribution is 2.28. The van der Waals surface area contributed by atoms with Gasteiger partial charge in [-0.25, -0.2) is 9.98 Å². The SMILES string of the molecule is CC(C)(C1=N[C@@H](CO)CO1)C1=N[C@@H](CO)CO1. The van der Waals surface area contributed by atoms with Gasteiger partial charge < -0.3 is 19.7 Å². The molecular formula is C11H18N2O4. The van der Waals surface area contributed by atoms with E-state index in [1.807, 2.05) is 13.8 Å². The lowest BCUT2D eigenvalue weighted by molar-refractivity contribution is 0.213. The largest absolute Gasteiger partial charge is 0.478 e. The van der Waals surface area contributed by atoms with Gasteiger partial charge in [0.05, 0.1) is 13.2 Å². The number of aliphatic hydroxyl groups is 2. The molecule has 0 radical (unpaired) electrons. The number of ether oxygens (including phenoxy) is 2. The van der Waals surface area contributed by atoms with Crippen LogP contribution in [0.15, 0.2) is 9.98 Å². The molecule has 2 heterocycles. The zero-order valence-corrected chi connectivity index (χ0v) is 10.1. The maximum Gasteiger partial charge on any atom is 0.199 e. The van der Waals surface area contributed by atoms with Crippen LogP contribution in [0.25, 0.3) is 0 Å². The minimum absolute atomic E-state index is 0.0216. The fourth-order valence-corrected chi connectivity index (χ4v) is 1.79. The van der Waals surface area contributed by atoms with Gasteiger partial charge >= 0.3 is 0 Å². The number of rotatable bonds is 4. The van der Waals surface area contributed by atoms with E-state index in [-0.39, 0.29) is 25.3 Å². The fourth-order valence-electron chi connectivity index (χ4n) is 1.79. The van der Waals surface area contributed by atoms with Crippen LogP contribution in [0.2, 0.25) is 0 Å². The average Bonchev–Trinajstić information content (AvgIpc) is 2.98. The highest BCUT2D eigenvalue weighted by Gasteiger charge is 2.41. The minimum Gasteiger partial charge on any atom is -0.478 e. The van der Waals surface area contributed by atoms with E-state index in [1.165, 1.54) is 0 Å². The van der Waals surface area contributed by atoms with Crippen LogP contribution in [-0.2, 0) is 9.47 Å². The Balaban J connectivity index is 2.14. The molecule has 2 N–H and O–H groups in total. The van der Waals surface area contributed by atoms with Crippen molar-refractivity contribution < 1.29 is 19.7 Å². The molecule has 0 saturated heterocycles. The summed E-state index contributed by atoms with van der Waals surface area (Å²) in [6.45, 7) is 4.56. The number of hydrogen-bond donors (Lipinski definition) is 2. The molecule has 0 aromatic rings. The molecule has 0 fully saturated rings. The van der Waals surface area contributed by atoms with Gasteiger partial charge in [-0.05, 0) is 13.8 Å². The van der Waals surface area contributed by atoms with E-state index in [2.05, 4.69) is 9.98 Å². The standard InChI is InChI=1S/C11H18N2O4/c1-11(2,9-12-7(3-14)5-16-9)10-13-8(4-15)6-17-10/h7-8,14-15H,3-6H2,1-2H3/t7-,8-/m0/s1. The van der Waals surface area contributed by atoms with Gasteiger partial charge in [-0.1, -0.05) is 0 Å². The van der Waals surface area contributed by atoms with Crippen molar-refractivity contribution in [3.63, 3.8) is 0 Å². The second-order valence-electron chi connectivity index (χ2n) is 4.79. The Bertz CT molecular complexity index is 319. The van der Waals surface area contributed by atoms with Crippen LogP contribution >= 0.6 is 0 Å². The zero-order chi connectivity index (χ0) is 12.5. The molecule has 2 rings (SSSR count). The quantitative estimate of drug-likeness (QED) is 0.702. The molecule has 2 aliphatic heterocycles. The summed E-state index contributed by atoms with van der Waals surface area (Å²) in [6, 6.07) is -0.389. The summed E-state index contributed by atoms with van der Waals surface area (Å²) >= 11 is 0. The van der Waals surface area contributed by atoms with Crippen molar-refractivity contribution in [1.29, 1.82) is 0 Å². The molecule has 0 unspecified atom stereocenters. The van der Waals surface area contributed by atoms with Crippen molar-refractivity contribution in [1.82, 2.24) is 0 Å². The Kier molecular flexibility index (Phi) is 3.35. The summed E-state index contributed by atoms with van der Waals surface area (Å²) in [4.78, 5) is 8.59. The Morgan fingerprint density at radius 3 is 1.76 bits per heavy atom. The number of aliphatic imine (C=N–C) groups is 2. The first kappa shape index (κ1) is 12.3. The van der Waals surface area contributed by atoms with E-state index in [0.717, 1.165) is 0 Å². The van der Waals surface area contributed by atoms with E-state index < -0.39 is 5.41 Å². The molecule has 0 bridgehead atoms. The van der Waals surface area contributed by atoms with Crippen LogP contribution in [0.3, 0.4) is 0 Å². The smallest absolute Gasteiger partial charge is 0.199 e. The Morgan fingerprint density at radius 1 is 1.06 bits per heavy atom. The lowest BCUT2D eigenvalue weighted by Gasteiger charge is -2.22. The van der Waals surface area contributed by atoms with Crippen LogP contribution in [0.1, 0.15) is 13.8 Å². The van der Waals surface area contributed by atoms with Gasteiger partial charge in [-0.2, -0.15) is 0 Å². The molecular weight excluding hydrogens is 224 g/mol. The predicted octanol–water partition coefficient (Wildman–Crippen LogP) is -0.408. The van der Waals surface area contributed by atoms with Gasteiger partial charge in [0.2, 0.25) is 0 Å². The molecule has 0 saturated carbocycles. The number of nitrogens with zero attached hydrogens (tertiary/aromatic N) is 2. The van der Waals surface area contributed by atoms with E-state index in [9.17, 15) is 0 Å². The zero-order valence-electron chi connectivity index (χ0n) is 10.1. The first-order valence-electron chi connectivity index (χ1n) is 5.71. The number of hydrogen-bond acceptors (Lipinski definition) is 6. The minimum atomic E-state index is -0.548. The van der Waals surface area contributed by atoms with Crippen LogP contribution in [0.5, 0.6) is 0 Å².